The van der Waals surface area contributed by atoms with Crippen LogP contribution >= 0.6 is 11.6 Å². The smallest absolute Gasteiger partial charge is 0.150 e. The Bertz CT molecular complexity index is 1100. The van der Waals surface area contributed by atoms with E-state index in [0.717, 1.165) is 66.7 Å². The average Bonchev–Trinajstić information content (AvgIpc) is 3.13. The van der Waals surface area contributed by atoms with Crippen LogP contribution < -0.4 is 10.1 Å². The van der Waals surface area contributed by atoms with Crippen molar-refractivity contribution >= 4 is 22.5 Å². The number of aromatic nitrogens is 2. The molecule has 0 bridgehead atoms. The first-order valence-electron chi connectivity index (χ1n) is 10.9. The molecule has 164 valence electrons. The first-order valence-corrected chi connectivity index (χ1v) is 11.3. The molecule has 0 amide bonds. The van der Waals surface area contributed by atoms with Gasteiger partial charge in [0.05, 0.1) is 22.1 Å². The van der Waals surface area contributed by atoms with Crippen LogP contribution in [-0.2, 0) is 4.74 Å². The molecule has 3 heterocycles. The Hall–Kier alpha value is -2.28. The molecule has 7 heteroatoms. The van der Waals surface area contributed by atoms with Crippen molar-refractivity contribution in [1.82, 2.24) is 15.1 Å². The summed E-state index contributed by atoms with van der Waals surface area (Å²) >= 11 is 6.20. The maximum absolute atomic E-state index is 9.85. The number of rotatable bonds is 5. The van der Waals surface area contributed by atoms with E-state index in [1.54, 1.807) is 12.1 Å². The van der Waals surface area contributed by atoms with Crippen molar-refractivity contribution in [2.45, 2.75) is 44.9 Å². The van der Waals surface area contributed by atoms with Crippen molar-refractivity contribution in [1.29, 1.82) is 0 Å². The van der Waals surface area contributed by atoms with Crippen molar-refractivity contribution < 1.29 is 14.6 Å². The van der Waals surface area contributed by atoms with E-state index in [1.165, 1.54) is 0 Å². The maximum atomic E-state index is 9.85. The molecule has 31 heavy (non-hydrogen) atoms. The first-order chi connectivity index (χ1) is 14.9. The summed E-state index contributed by atoms with van der Waals surface area (Å²) in [7, 11) is 0. The fourth-order valence-corrected chi connectivity index (χ4v) is 4.52. The van der Waals surface area contributed by atoms with Gasteiger partial charge in [-0.2, -0.15) is 5.10 Å². The van der Waals surface area contributed by atoms with Gasteiger partial charge in [0, 0.05) is 25.6 Å². The Morgan fingerprint density at radius 2 is 2.03 bits per heavy atom. The highest BCUT2D eigenvalue weighted by Crippen LogP contribution is 2.39. The number of phenolic OH excluding ortho intramolecular Hbond substituents is 1. The van der Waals surface area contributed by atoms with Gasteiger partial charge in [0.25, 0.3) is 0 Å². The summed E-state index contributed by atoms with van der Waals surface area (Å²) < 4.78 is 14.6. The van der Waals surface area contributed by atoms with Crippen molar-refractivity contribution in [3.63, 3.8) is 0 Å². The zero-order chi connectivity index (χ0) is 21.6. The number of hydrogen-bond acceptors (Lipinski definition) is 5. The van der Waals surface area contributed by atoms with Crippen LogP contribution in [0.4, 0.5) is 0 Å². The first kappa shape index (κ1) is 20.6. The van der Waals surface area contributed by atoms with E-state index in [0.29, 0.717) is 10.9 Å². The second kappa shape index (κ2) is 8.01. The van der Waals surface area contributed by atoms with Crippen LogP contribution in [0.2, 0.25) is 5.02 Å². The molecule has 2 N–H and O–H groups in total. The van der Waals surface area contributed by atoms with Gasteiger partial charge in [-0.05, 0) is 68.5 Å². The highest BCUT2D eigenvalue weighted by Gasteiger charge is 2.36. The Balaban J connectivity index is 1.62. The van der Waals surface area contributed by atoms with Gasteiger partial charge in [0.2, 0.25) is 0 Å². The summed E-state index contributed by atoms with van der Waals surface area (Å²) in [5.74, 6) is 1.32. The molecule has 2 aromatic carbocycles. The van der Waals surface area contributed by atoms with Crippen molar-refractivity contribution in [3.8, 4) is 22.6 Å². The van der Waals surface area contributed by atoms with Gasteiger partial charge < -0.3 is 19.9 Å². The second-order valence-corrected chi connectivity index (χ2v) is 9.45. The van der Waals surface area contributed by atoms with Crippen LogP contribution in [-0.4, -0.2) is 40.2 Å². The van der Waals surface area contributed by atoms with Crippen LogP contribution in [0.1, 0.15) is 39.3 Å². The minimum atomic E-state index is -0.313. The van der Waals surface area contributed by atoms with Gasteiger partial charge in [-0.15, -0.1) is 0 Å². The number of phenols is 1. The van der Waals surface area contributed by atoms with Gasteiger partial charge in [0.1, 0.15) is 17.1 Å². The molecule has 0 saturated carbocycles. The topological polar surface area (TPSA) is 68.5 Å². The molecule has 2 fully saturated rings. The normalized spacial score (nSPS) is 20.0. The lowest BCUT2D eigenvalue weighted by molar-refractivity contribution is -0.0366. The lowest BCUT2D eigenvalue weighted by Gasteiger charge is -2.41. The molecule has 6 nitrogen and oxygen atoms in total. The number of hydrogen-bond donors (Lipinski definition) is 2. The highest BCUT2D eigenvalue weighted by atomic mass is 35.5. The molecule has 0 radical (unpaired) electrons. The van der Waals surface area contributed by atoms with E-state index in [1.807, 2.05) is 23.0 Å². The number of nitrogens with one attached hydrogen (secondary N) is 1. The molecule has 2 aliphatic heterocycles. The number of aromatic hydroxyl groups is 1. The average molecular weight is 442 g/mol. The third kappa shape index (κ3) is 3.88. The minimum absolute atomic E-state index is 0.0680. The van der Waals surface area contributed by atoms with E-state index in [4.69, 9.17) is 21.1 Å². The second-order valence-electron chi connectivity index (χ2n) is 9.04. The molecule has 2 saturated heterocycles. The van der Waals surface area contributed by atoms with Crippen molar-refractivity contribution in [2.24, 2.45) is 5.92 Å². The third-order valence-electron chi connectivity index (χ3n) is 6.53. The molecule has 1 unspecified atom stereocenters. The Kier molecular flexibility index (Phi) is 5.32. The van der Waals surface area contributed by atoms with Crippen LogP contribution in [0.5, 0.6) is 11.5 Å². The Labute approximate surface area is 187 Å². The van der Waals surface area contributed by atoms with Gasteiger partial charge >= 0.3 is 0 Å². The summed E-state index contributed by atoms with van der Waals surface area (Å²) in [5.41, 5.74) is 2.54. The summed E-state index contributed by atoms with van der Waals surface area (Å²) in [6, 6.07) is 9.42. The molecule has 3 aromatic rings. The van der Waals surface area contributed by atoms with E-state index >= 15 is 0 Å². The van der Waals surface area contributed by atoms with Gasteiger partial charge in [-0.3, -0.25) is 0 Å². The molecular weight excluding hydrogens is 414 g/mol. The quantitative estimate of drug-likeness (QED) is 0.573. The predicted molar refractivity (Wildman–Crippen MR) is 122 cm³/mol. The molecule has 1 atom stereocenters. The summed E-state index contributed by atoms with van der Waals surface area (Å²) in [4.78, 5) is 0. The van der Waals surface area contributed by atoms with Gasteiger partial charge in [-0.25, -0.2) is 4.68 Å². The number of benzene rings is 2. The van der Waals surface area contributed by atoms with E-state index in [2.05, 4.69) is 30.3 Å². The zero-order valence-corrected chi connectivity index (χ0v) is 18.7. The highest BCUT2D eigenvalue weighted by molar-refractivity contribution is 6.32. The van der Waals surface area contributed by atoms with Crippen LogP contribution in [0.15, 0.2) is 36.5 Å². The van der Waals surface area contributed by atoms with E-state index in [9.17, 15) is 5.11 Å². The minimum Gasteiger partial charge on any atom is -0.506 e. The van der Waals surface area contributed by atoms with Gasteiger partial charge in [-0.1, -0.05) is 17.7 Å². The Morgan fingerprint density at radius 1 is 1.19 bits per heavy atom. The number of fused-ring (bicyclic) bond motifs is 1. The zero-order valence-electron chi connectivity index (χ0n) is 17.9. The molecular formula is C24H28ClN3O3. The number of ether oxygens (including phenoxy) is 2. The summed E-state index contributed by atoms with van der Waals surface area (Å²) in [6.07, 6.45) is 4.98. The van der Waals surface area contributed by atoms with E-state index in [-0.39, 0.29) is 17.6 Å². The van der Waals surface area contributed by atoms with Crippen LogP contribution in [0.25, 0.3) is 22.0 Å². The van der Waals surface area contributed by atoms with E-state index < -0.39 is 0 Å². The molecule has 1 aromatic heterocycles. The van der Waals surface area contributed by atoms with Crippen molar-refractivity contribution in [3.05, 3.63) is 41.6 Å². The SMILES string of the molecule is CC(C)(Oc1cc(-c2ccc(O)c(Cl)c2)cc2c1cnn2C1CCCCO1)C1CNC1. The fourth-order valence-electron chi connectivity index (χ4n) is 4.34. The fraction of sp³-hybridized carbons (Fsp3) is 0.458. The third-order valence-corrected chi connectivity index (χ3v) is 6.83. The van der Waals surface area contributed by atoms with Crippen molar-refractivity contribution in [2.75, 3.05) is 19.7 Å². The predicted octanol–water partition coefficient (Wildman–Crippen LogP) is 5.14. The Morgan fingerprint density at radius 3 is 2.71 bits per heavy atom. The summed E-state index contributed by atoms with van der Waals surface area (Å²) in [6.45, 7) is 6.95. The molecule has 5 rings (SSSR count). The lowest BCUT2D eigenvalue weighted by atomic mass is 9.86. The maximum Gasteiger partial charge on any atom is 0.150 e. The van der Waals surface area contributed by atoms with Crippen LogP contribution in [0, 0.1) is 5.92 Å². The summed E-state index contributed by atoms with van der Waals surface area (Å²) in [5, 5.41) is 19.2. The number of nitrogens with zero attached hydrogens (tertiary/aromatic N) is 2. The van der Waals surface area contributed by atoms with Crippen LogP contribution in [0.3, 0.4) is 0 Å². The standard InChI is InChI=1S/C24H28ClN3O3/c1-24(2,17-12-26-13-17)31-22-11-16(15-6-7-21(29)19(25)9-15)10-20-18(22)14-27-28(20)23-5-3-4-8-30-23/h6-7,9-11,14,17,23,26,29H,3-5,8,12-13H2,1-2H3. The molecule has 0 spiro atoms. The molecule has 0 aliphatic carbocycles. The largest absolute Gasteiger partial charge is 0.506 e. The monoisotopic (exact) mass is 441 g/mol. The lowest BCUT2D eigenvalue weighted by Crippen LogP contribution is -2.55. The molecule has 2 aliphatic rings. The van der Waals surface area contributed by atoms with Gasteiger partial charge in [0.15, 0.2) is 6.23 Å². The number of halogens is 1.